The van der Waals surface area contributed by atoms with E-state index < -0.39 is 48.1 Å². The van der Waals surface area contributed by atoms with E-state index in [1.165, 1.54) is 6.92 Å². The third-order valence-electron chi connectivity index (χ3n) is 5.08. The van der Waals surface area contributed by atoms with E-state index >= 15 is 0 Å². The van der Waals surface area contributed by atoms with Gasteiger partial charge < -0.3 is 5.32 Å². The zero-order valence-electron chi connectivity index (χ0n) is 17.8. The van der Waals surface area contributed by atoms with Crippen molar-refractivity contribution < 1.29 is 26.7 Å². The first-order valence-electron chi connectivity index (χ1n) is 10.1. The number of carbonyl (C=O) groups is 1. The fraction of sp³-hybridized carbons (Fsp3) is 0.571. The Morgan fingerprint density at radius 2 is 1.77 bits per heavy atom. The average molecular weight is 447 g/mol. The molecule has 2 aromatic rings. The number of carbonyl (C=O) groups excluding carboxylic acids is 1. The lowest BCUT2D eigenvalue weighted by Gasteiger charge is -2.22. The Hall–Kier alpha value is -2.52. The van der Waals surface area contributed by atoms with E-state index in [4.69, 9.17) is 0 Å². The number of rotatable bonds is 8. The van der Waals surface area contributed by atoms with Crippen molar-refractivity contribution in [3.05, 3.63) is 39.8 Å². The predicted molar refractivity (Wildman–Crippen MR) is 107 cm³/mol. The summed E-state index contributed by atoms with van der Waals surface area (Å²) in [5, 5.41) is 6.68. The lowest BCUT2D eigenvalue weighted by molar-refractivity contribution is -0.137. The quantitative estimate of drug-likeness (QED) is 0.588. The van der Waals surface area contributed by atoms with E-state index in [1.54, 1.807) is 20.8 Å². The van der Waals surface area contributed by atoms with Crippen LogP contribution in [0.15, 0.2) is 23.0 Å². The van der Waals surface area contributed by atoms with Gasteiger partial charge in [0.2, 0.25) is 11.8 Å². The maximum atomic E-state index is 13.7. The number of aromatic nitrogens is 2. The monoisotopic (exact) mass is 447 g/mol. The van der Waals surface area contributed by atoms with Gasteiger partial charge in [-0.1, -0.05) is 27.7 Å². The Morgan fingerprint density at radius 3 is 2.29 bits per heavy atom. The minimum absolute atomic E-state index is 0.00376. The van der Waals surface area contributed by atoms with Gasteiger partial charge in [0.15, 0.2) is 0 Å². The molecule has 5 nitrogen and oxygen atoms in total. The molecular formula is C21H26F5N3O2. The lowest BCUT2D eigenvalue weighted by Crippen LogP contribution is -2.42. The minimum atomic E-state index is -4.58. The van der Waals surface area contributed by atoms with Crippen molar-refractivity contribution in [1.29, 1.82) is 0 Å². The summed E-state index contributed by atoms with van der Waals surface area (Å²) >= 11 is 0. The largest absolute Gasteiger partial charge is 0.416 e. The molecule has 1 amide bonds. The van der Waals surface area contributed by atoms with Crippen molar-refractivity contribution in [2.24, 2.45) is 0 Å². The fourth-order valence-electron chi connectivity index (χ4n) is 3.23. The SMILES string of the molecule is CC[C@@H](CC(F)(F)CC)NC(=O)Cn1nc(C(C)C)c2cc(C(F)(F)F)ccc2c1=O. The van der Waals surface area contributed by atoms with Crippen LogP contribution >= 0.6 is 0 Å². The van der Waals surface area contributed by atoms with Crippen molar-refractivity contribution in [1.82, 2.24) is 15.1 Å². The number of alkyl halides is 5. The average Bonchev–Trinajstić information content (AvgIpc) is 2.68. The minimum Gasteiger partial charge on any atom is -0.352 e. The van der Waals surface area contributed by atoms with Crippen LogP contribution in [0.25, 0.3) is 10.8 Å². The van der Waals surface area contributed by atoms with Crippen LogP contribution in [-0.2, 0) is 17.5 Å². The van der Waals surface area contributed by atoms with E-state index in [2.05, 4.69) is 10.4 Å². The van der Waals surface area contributed by atoms with Gasteiger partial charge in [0, 0.05) is 24.3 Å². The summed E-state index contributed by atoms with van der Waals surface area (Å²) in [5.74, 6) is -3.92. The summed E-state index contributed by atoms with van der Waals surface area (Å²) < 4.78 is 67.5. The molecule has 0 saturated heterocycles. The number of amides is 1. The maximum Gasteiger partial charge on any atom is 0.416 e. The number of benzene rings is 1. The Bertz CT molecular complexity index is 999. The smallest absolute Gasteiger partial charge is 0.352 e. The normalized spacial score (nSPS) is 13.6. The molecule has 0 spiro atoms. The Labute approximate surface area is 176 Å². The standard InChI is InChI=1S/C21H26F5N3O2/c1-5-14(10-20(22,23)6-2)27-17(30)11-29-19(31)15-8-7-13(21(24,25)26)9-16(15)18(28-29)12(3)4/h7-9,12,14H,5-6,10-11H2,1-4H3,(H,27,30)/t14-/m0/s1. The number of nitrogens with zero attached hydrogens (tertiary/aromatic N) is 2. The highest BCUT2D eigenvalue weighted by molar-refractivity contribution is 5.85. The molecule has 0 unspecified atom stereocenters. The van der Waals surface area contributed by atoms with Gasteiger partial charge in [-0.3, -0.25) is 9.59 Å². The van der Waals surface area contributed by atoms with Gasteiger partial charge in [0.05, 0.1) is 16.6 Å². The zero-order valence-corrected chi connectivity index (χ0v) is 17.8. The van der Waals surface area contributed by atoms with Crippen LogP contribution in [0, 0.1) is 0 Å². The third kappa shape index (κ3) is 6.01. The predicted octanol–water partition coefficient (Wildman–Crippen LogP) is 4.87. The molecule has 0 aliphatic carbocycles. The van der Waals surface area contributed by atoms with Crippen LogP contribution in [0.2, 0.25) is 0 Å². The number of fused-ring (bicyclic) bond motifs is 1. The summed E-state index contributed by atoms with van der Waals surface area (Å²) in [6, 6.07) is 1.97. The summed E-state index contributed by atoms with van der Waals surface area (Å²) in [7, 11) is 0. The van der Waals surface area contributed by atoms with Gasteiger partial charge in [0.1, 0.15) is 6.54 Å². The van der Waals surface area contributed by atoms with Crippen LogP contribution < -0.4 is 10.9 Å². The first kappa shape index (κ1) is 24.7. The summed E-state index contributed by atoms with van der Waals surface area (Å²) in [6.45, 7) is 5.90. The molecule has 0 radical (unpaired) electrons. The molecule has 1 atom stereocenters. The number of hydrogen-bond donors (Lipinski definition) is 1. The first-order valence-corrected chi connectivity index (χ1v) is 10.1. The second-order valence-corrected chi connectivity index (χ2v) is 7.85. The van der Waals surface area contributed by atoms with Crippen molar-refractivity contribution in [3.8, 4) is 0 Å². The maximum absolute atomic E-state index is 13.7. The van der Waals surface area contributed by atoms with Gasteiger partial charge in [0.25, 0.3) is 5.56 Å². The fourth-order valence-corrected chi connectivity index (χ4v) is 3.23. The van der Waals surface area contributed by atoms with E-state index in [0.29, 0.717) is 0 Å². The second kappa shape index (κ2) is 9.32. The van der Waals surface area contributed by atoms with Gasteiger partial charge in [-0.05, 0) is 30.5 Å². The van der Waals surface area contributed by atoms with Gasteiger partial charge in [-0.2, -0.15) is 18.3 Å². The van der Waals surface area contributed by atoms with Crippen molar-refractivity contribution in [3.63, 3.8) is 0 Å². The van der Waals surface area contributed by atoms with Crippen LogP contribution in [-0.4, -0.2) is 27.7 Å². The summed E-state index contributed by atoms with van der Waals surface area (Å²) in [5.41, 5.74) is -1.39. The molecule has 31 heavy (non-hydrogen) atoms. The van der Waals surface area contributed by atoms with Crippen LogP contribution in [0.5, 0.6) is 0 Å². The van der Waals surface area contributed by atoms with Crippen LogP contribution in [0.1, 0.15) is 64.1 Å². The van der Waals surface area contributed by atoms with E-state index in [9.17, 15) is 31.5 Å². The highest BCUT2D eigenvalue weighted by atomic mass is 19.4. The molecule has 2 rings (SSSR count). The summed E-state index contributed by atoms with van der Waals surface area (Å²) in [4.78, 5) is 25.2. The van der Waals surface area contributed by atoms with E-state index in [-0.39, 0.29) is 35.2 Å². The van der Waals surface area contributed by atoms with Gasteiger partial charge in [-0.15, -0.1) is 0 Å². The molecule has 1 N–H and O–H groups in total. The molecule has 1 aromatic carbocycles. The third-order valence-corrected chi connectivity index (χ3v) is 5.08. The Morgan fingerprint density at radius 1 is 1.13 bits per heavy atom. The zero-order chi connectivity index (χ0) is 23.6. The highest BCUT2D eigenvalue weighted by Gasteiger charge is 2.32. The first-order chi connectivity index (χ1) is 14.3. The number of nitrogens with one attached hydrogen (secondary N) is 1. The van der Waals surface area contributed by atoms with Gasteiger partial charge >= 0.3 is 6.18 Å². The van der Waals surface area contributed by atoms with E-state index in [1.807, 2.05) is 0 Å². The number of halogens is 5. The van der Waals surface area contributed by atoms with Gasteiger partial charge in [-0.25, -0.2) is 13.5 Å². The van der Waals surface area contributed by atoms with Crippen LogP contribution in [0.4, 0.5) is 22.0 Å². The molecule has 10 heteroatoms. The molecule has 0 aliphatic rings. The lowest BCUT2D eigenvalue weighted by atomic mass is 10.0. The molecular weight excluding hydrogens is 421 g/mol. The second-order valence-electron chi connectivity index (χ2n) is 7.85. The highest BCUT2D eigenvalue weighted by Crippen LogP contribution is 2.32. The van der Waals surface area contributed by atoms with E-state index in [0.717, 1.165) is 22.9 Å². The summed E-state index contributed by atoms with van der Waals surface area (Å²) in [6.07, 6.45) is -5.18. The molecule has 172 valence electrons. The van der Waals surface area contributed by atoms with Crippen molar-refractivity contribution >= 4 is 16.7 Å². The molecule has 0 bridgehead atoms. The molecule has 0 saturated carbocycles. The van der Waals surface area contributed by atoms with Crippen molar-refractivity contribution in [2.75, 3.05) is 0 Å². The van der Waals surface area contributed by atoms with Crippen molar-refractivity contribution in [2.45, 2.75) is 77.6 Å². The molecule has 0 fully saturated rings. The topological polar surface area (TPSA) is 64.0 Å². The number of hydrogen-bond acceptors (Lipinski definition) is 3. The Balaban J connectivity index is 2.39. The molecule has 1 heterocycles. The molecule has 1 aromatic heterocycles. The molecule has 0 aliphatic heterocycles. The Kier molecular flexibility index (Phi) is 7.44. The van der Waals surface area contributed by atoms with Crippen LogP contribution in [0.3, 0.4) is 0 Å².